The van der Waals surface area contributed by atoms with Crippen LogP contribution in [0.2, 0.25) is 0 Å². The van der Waals surface area contributed by atoms with E-state index in [9.17, 15) is 14.0 Å². The Bertz CT molecular complexity index is 617. The van der Waals surface area contributed by atoms with Crippen molar-refractivity contribution in [1.82, 2.24) is 15.1 Å². The molecule has 1 aromatic rings. The number of hydrogen-bond acceptors (Lipinski definition) is 2. The van der Waals surface area contributed by atoms with E-state index in [-0.39, 0.29) is 23.2 Å². The molecule has 1 aliphatic rings. The molecule has 1 saturated heterocycles. The zero-order chi connectivity index (χ0) is 17.9. The number of halogens is 1. The SMILES string of the molecule is Cc1cc(C(=O)N2CCN(C(=O)NCC(C)(C)C)CC2)ccc1F. The average molecular weight is 335 g/mol. The van der Waals surface area contributed by atoms with Crippen molar-refractivity contribution in [2.45, 2.75) is 27.7 Å². The first-order chi connectivity index (χ1) is 11.2. The van der Waals surface area contributed by atoms with Gasteiger partial charge in [-0.05, 0) is 36.1 Å². The maximum Gasteiger partial charge on any atom is 0.317 e. The molecule has 0 radical (unpaired) electrons. The topological polar surface area (TPSA) is 52.7 Å². The third-order valence-corrected chi connectivity index (χ3v) is 4.03. The molecule has 1 aromatic carbocycles. The van der Waals surface area contributed by atoms with E-state index in [4.69, 9.17) is 0 Å². The lowest BCUT2D eigenvalue weighted by molar-refractivity contribution is 0.0664. The van der Waals surface area contributed by atoms with Gasteiger partial charge in [-0.2, -0.15) is 0 Å². The third-order valence-electron chi connectivity index (χ3n) is 4.03. The zero-order valence-corrected chi connectivity index (χ0v) is 14.9. The molecule has 0 spiro atoms. The first kappa shape index (κ1) is 18.2. The average Bonchev–Trinajstić information content (AvgIpc) is 2.54. The maximum absolute atomic E-state index is 13.3. The summed E-state index contributed by atoms with van der Waals surface area (Å²) in [4.78, 5) is 28.1. The van der Waals surface area contributed by atoms with Gasteiger partial charge in [-0.3, -0.25) is 4.79 Å². The van der Waals surface area contributed by atoms with Crippen LogP contribution in [0, 0.1) is 18.2 Å². The molecule has 0 atom stereocenters. The molecule has 0 saturated carbocycles. The van der Waals surface area contributed by atoms with Crippen LogP contribution in [0.1, 0.15) is 36.7 Å². The molecule has 6 heteroatoms. The largest absolute Gasteiger partial charge is 0.337 e. The van der Waals surface area contributed by atoms with Gasteiger partial charge in [0.25, 0.3) is 5.91 Å². The lowest BCUT2D eigenvalue weighted by Crippen LogP contribution is -2.53. The summed E-state index contributed by atoms with van der Waals surface area (Å²) in [6.45, 7) is 10.4. The number of carbonyl (C=O) groups excluding carboxylic acids is 2. The second kappa shape index (κ2) is 7.20. The molecule has 1 aliphatic heterocycles. The van der Waals surface area contributed by atoms with Gasteiger partial charge in [0.15, 0.2) is 0 Å². The zero-order valence-electron chi connectivity index (χ0n) is 14.9. The minimum absolute atomic E-state index is 0.0356. The van der Waals surface area contributed by atoms with Gasteiger partial charge in [0.05, 0.1) is 0 Å². The number of rotatable bonds is 2. The monoisotopic (exact) mass is 335 g/mol. The highest BCUT2D eigenvalue weighted by Crippen LogP contribution is 2.14. The Kier molecular flexibility index (Phi) is 5.47. The number of nitrogens with one attached hydrogen (secondary N) is 1. The van der Waals surface area contributed by atoms with Crippen molar-refractivity contribution >= 4 is 11.9 Å². The van der Waals surface area contributed by atoms with Gasteiger partial charge in [-0.15, -0.1) is 0 Å². The van der Waals surface area contributed by atoms with Crippen LogP contribution >= 0.6 is 0 Å². The van der Waals surface area contributed by atoms with E-state index in [1.807, 2.05) is 0 Å². The summed E-state index contributed by atoms with van der Waals surface area (Å²) >= 11 is 0. The number of carbonyl (C=O) groups is 2. The summed E-state index contributed by atoms with van der Waals surface area (Å²) in [5, 5.41) is 2.92. The minimum Gasteiger partial charge on any atom is -0.337 e. The van der Waals surface area contributed by atoms with Crippen molar-refractivity contribution in [2.75, 3.05) is 32.7 Å². The third kappa shape index (κ3) is 4.69. The van der Waals surface area contributed by atoms with Gasteiger partial charge in [-0.1, -0.05) is 20.8 Å². The van der Waals surface area contributed by atoms with Crippen molar-refractivity contribution in [3.63, 3.8) is 0 Å². The standard InChI is InChI=1S/C18H26FN3O2/c1-13-11-14(5-6-15(13)19)16(23)21-7-9-22(10-8-21)17(24)20-12-18(2,3)4/h5-6,11H,7-10,12H2,1-4H3,(H,20,24). The predicted molar refractivity (Wildman–Crippen MR) is 91.5 cm³/mol. The molecule has 3 amide bonds. The molecule has 0 aliphatic carbocycles. The van der Waals surface area contributed by atoms with E-state index >= 15 is 0 Å². The number of hydrogen-bond donors (Lipinski definition) is 1. The van der Waals surface area contributed by atoms with Crippen molar-refractivity contribution in [2.24, 2.45) is 5.41 Å². The predicted octanol–water partition coefficient (Wildman–Crippen LogP) is 2.65. The fourth-order valence-corrected chi connectivity index (χ4v) is 2.53. The Morgan fingerprint density at radius 2 is 1.71 bits per heavy atom. The van der Waals surface area contributed by atoms with Crippen molar-refractivity contribution in [3.05, 3.63) is 35.1 Å². The number of aryl methyl sites for hydroxylation is 1. The lowest BCUT2D eigenvalue weighted by atomic mass is 9.97. The highest BCUT2D eigenvalue weighted by molar-refractivity contribution is 5.94. The van der Waals surface area contributed by atoms with Gasteiger partial charge < -0.3 is 15.1 Å². The van der Waals surface area contributed by atoms with Crippen molar-refractivity contribution in [3.8, 4) is 0 Å². The Balaban J connectivity index is 1.89. The molecule has 24 heavy (non-hydrogen) atoms. The smallest absolute Gasteiger partial charge is 0.317 e. The summed E-state index contributed by atoms with van der Waals surface area (Å²) in [5.41, 5.74) is 0.981. The van der Waals surface area contributed by atoms with E-state index in [0.717, 1.165) is 0 Å². The van der Waals surface area contributed by atoms with Gasteiger partial charge >= 0.3 is 6.03 Å². The summed E-state index contributed by atoms with van der Waals surface area (Å²) in [6.07, 6.45) is 0. The molecule has 0 bridgehead atoms. The van der Waals surface area contributed by atoms with Crippen LogP contribution in [0.25, 0.3) is 0 Å². The van der Waals surface area contributed by atoms with Gasteiger partial charge in [0, 0.05) is 38.3 Å². The molecule has 0 aromatic heterocycles. The minimum atomic E-state index is -0.313. The molecule has 132 valence electrons. The highest BCUT2D eigenvalue weighted by atomic mass is 19.1. The van der Waals surface area contributed by atoms with Gasteiger partial charge in [0.1, 0.15) is 5.82 Å². The number of nitrogens with zero attached hydrogens (tertiary/aromatic N) is 2. The van der Waals surface area contributed by atoms with Crippen LogP contribution in [0.3, 0.4) is 0 Å². The molecule has 0 unspecified atom stereocenters. The van der Waals surface area contributed by atoms with E-state index in [0.29, 0.717) is 43.9 Å². The van der Waals surface area contributed by atoms with Crippen LogP contribution in [0.4, 0.5) is 9.18 Å². The summed E-state index contributed by atoms with van der Waals surface area (Å²) in [5.74, 6) is -0.431. The van der Waals surface area contributed by atoms with Crippen LogP contribution in [0.15, 0.2) is 18.2 Å². The first-order valence-electron chi connectivity index (χ1n) is 8.25. The number of piperazine rings is 1. The van der Waals surface area contributed by atoms with Crippen LogP contribution in [-0.2, 0) is 0 Å². The first-order valence-corrected chi connectivity index (χ1v) is 8.25. The Hall–Kier alpha value is -2.11. The van der Waals surface area contributed by atoms with Crippen LogP contribution < -0.4 is 5.32 Å². The molecule has 5 nitrogen and oxygen atoms in total. The van der Waals surface area contributed by atoms with Crippen LogP contribution in [-0.4, -0.2) is 54.5 Å². The molecule has 1 fully saturated rings. The fourth-order valence-electron chi connectivity index (χ4n) is 2.53. The summed E-state index contributed by atoms with van der Waals surface area (Å²) < 4.78 is 13.3. The maximum atomic E-state index is 13.3. The number of benzene rings is 1. The van der Waals surface area contributed by atoms with Crippen molar-refractivity contribution < 1.29 is 14.0 Å². The fraction of sp³-hybridized carbons (Fsp3) is 0.556. The molecular formula is C18H26FN3O2. The quantitative estimate of drug-likeness (QED) is 0.903. The van der Waals surface area contributed by atoms with Gasteiger partial charge in [-0.25, -0.2) is 9.18 Å². The Morgan fingerprint density at radius 3 is 2.25 bits per heavy atom. The second-order valence-corrected chi connectivity index (χ2v) is 7.46. The number of amides is 3. The normalized spacial score (nSPS) is 15.4. The molecule has 1 heterocycles. The Morgan fingerprint density at radius 1 is 1.12 bits per heavy atom. The molecule has 1 N–H and O–H groups in total. The summed E-state index contributed by atoms with van der Waals surface area (Å²) in [6, 6.07) is 4.31. The lowest BCUT2D eigenvalue weighted by Gasteiger charge is -2.35. The van der Waals surface area contributed by atoms with E-state index in [1.54, 1.807) is 22.8 Å². The van der Waals surface area contributed by atoms with Crippen molar-refractivity contribution in [1.29, 1.82) is 0 Å². The van der Waals surface area contributed by atoms with E-state index in [1.165, 1.54) is 12.1 Å². The van der Waals surface area contributed by atoms with Gasteiger partial charge in [0.2, 0.25) is 0 Å². The van der Waals surface area contributed by atoms with E-state index < -0.39 is 0 Å². The summed E-state index contributed by atoms with van der Waals surface area (Å²) in [7, 11) is 0. The number of urea groups is 1. The highest BCUT2D eigenvalue weighted by Gasteiger charge is 2.25. The van der Waals surface area contributed by atoms with Crippen LogP contribution in [0.5, 0.6) is 0 Å². The second-order valence-electron chi connectivity index (χ2n) is 7.46. The molecular weight excluding hydrogens is 309 g/mol. The molecule has 2 rings (SSSR count). The Labute approximate surface area is 142 Å². The van der Waals surface area contributed by atoms with E-state index in [2.05, 4.69) is 26.1 Å².